The van der Waals surface area contributed by atoms with E-state index in [0.717, 1.165) is 11.4 Å². The van der Waals surface area contributed by atoms with Crippen LogP contribution >= 0.6 is 0 Å². The van der Waals surface area contributed by atoms with Gasteiger partial charge in [0, 0.05) is 65.4 Å². The van der Waals surface area contributed by atoms with Crippen LogP contribution in [-0.2, 0) is 65.4 Å². The molecular weight excluding hydrogens is 458 g/mol. The van der Waals surface area contributed by atoms with Crippen molar-refractivity contribution in [3.63, 3.8) is 0 Å². The molecule has 2 nitrogen and oxygen atoms in total. The van der Waals surface area contributed by atoms with Crippen molar-refractivity contribution < 1.29 is 65.4 Å². The fraction of sp³-hybridized carbons (Fsp3) is 0.429. The number of rotatable bonds is 4. The van der Waals surface area contributed by atoms with Crippen molar-refractivity contribution in [3.8, 4) is 0 Å². The molecule has 2 radical (unpaired) electrons. The molecule has 0 unspecified atom stereocenters. The third-order valence-corrected chi connectivity index (χ3v) is 2.02. The third-order valence-electron chi connectivity index (χ3n) is 2.02. The van der Waals surface area contributed by atoms with Crippen molar-refractivity contribution in [3.05, 3.63) is 71.3 Å². The summed E-state index contributed by atoms with van der Waals surface area (Å²) in [5.41, 5.74) is 1.94. The van der Waals surface area contributed by atoms with Crippen molar-refractivity contribution in [2.45, 2.75) is 55.4 Å². The van der Waals surface area contributed by atoms with E-state index in [1.54, 1.807) is 0 Å². The Morgan fingerprint density at radius 2 is 0.720 bits per heavy atom. The fourth-order valence-corrected chi connectivity index (χ4v) is 1.27. The maximum Gasteiger partial charge on any atom is 0 e. The molecule has 2 aromatic rings. The molecule has 0 N–H and O–H groups in total. The normalized spacial score (nSPS) is 6.72. The van der Waals surface area contributed by atoms with Crippen molar-refractivity contribution in [2.75, 3.05) is 6.67 Å². The maximum atomic E-state index is 4.33. The number of hydrogen-bond donors (Lipinski definition) is 0. The van der Waals surface area contributed by atoms with Crippen molar-refractivity contribution >= 4 is 11.4 Å². The molecule has 0 aliphatic rings. The Labute approximate surface area is 208 Å². The maximum absolute atomic E-state index is 4.33. The second kappa shape index (κ2) is 35.4. The SMILES string of the molecule is CC.CC.CC.CC.[Y].[Y].c1ccc([N-]C[N-]c2ccccc2)cc1. The van der Waals surface area contributed by atoms with Crippen LogP contribution in [0, 0.1) is 0 Å². The average Bonchev–Trinajstić information content (AvgIpc) is 2.70. The second-order valence-corrected chi connectivity index (χ2v) is 3.13. The van der Waals surface area contributed by atoms with Gasteiger partial charge in [-0.1, -0.05) is 116 Å². The molecule has 0 heterocycles. The molecule has 0 atom stereocenters. The molecule has 0 bridgehead atoms. The zero-order valence-corrected chi connectivity index (χ0v) is 23.2. The average molecular weight is 494 g/mol. The van der Waals surface area contributed by atoms with Gasteiger partial charge in [0.25, 0.3) is 0 Å². The summed E-state index contributed by atoms with van der Waals surface area (Å²) in [6.45, 7) is 16.5. The molecule has 0 spiro atoms. The van der Waals surface area contributed by atoms with Crippen LogP contribution in [-0.4, -0.2) is 6.67 Å². The van der Waals surface area contributed by atoms with Crippen molar-refractivity contribution in [2.24, 2.45) is 0 Å². The number of benzene rings is 2. The first-order chi connectivity index (χ1) is 11.4. The van der Waals surface area contributed by atoms with Gasteiger partial charge < -0.3 is 10.6 Å². The van der Waals surface area contributed by atoms with E-state index in [2.05, 4.69) is 10.6 Å². The minimum atomic E-state index is 0. The Morgan fingerprint density at radius 3 is 0.960 bits per heavy atom. The van der Waals surface area contributed by atoms with E-state index in [1.165, 1.54) is 0 Å². The Bertz CT molecular complexity index is 356. The molecular formula is C21H36N2Y2-2. The molecule has 138 valence electrons. The van der Waals surface area contributed by atoms with Crippen molar-refractivity contribution in [1.82, 2.24) is 0 Å². The molecule has 25 heavy (non-hydrogen) atoms. The standard InChI is InChI=1S/C13H12N2.4C2H6.2Y/c1-3-7-12(8-4-1)14-11-15-13-9-5-2-6-10-13;4*1-2;;/h1-10H,11H2;4*1-2H3;;/q-2;;;;;;. The Morgan fingerprint density at radius 1 is 0.480 bits per heavy atom. The largest absolute Gasteiger partial charge is 0.699 e. The van der Waals surface area contributed by atoms with E-state index in [1.807, 2.05) is 116 Å². The molecule has 0 fully saturated rings. The second-order valence-electron chi connectivity index (χ2n) is 3.13. The van der Waals surface area contributed by atoms with Gasteiger partial charge in [0.1, 0.15) is 0 Å². The molecule has 0 saturated heterocycles. The van der Waals surface area contributed by atoms with Gasteiger partial charge in [0.05, 0.1) is 0 Å². The minimum absolute atomic E-state index is 0. The fourth-order valence-electron chi connectivity index (χ4n) is 1.27. The first-order valence-electron chi connectivity index (χ1n) is 8.90. The summed E-state index contributed by atoms with van der Waals surface area (Å²) in [5.74, 6) is 0. The predicted molar refractivity (Wildman–Crippen MR) is 109 cm³/mol. The summed E-state index contributed by atoms with van der Waals surface area (Å²) >= 11 is 0. The molecule has 0 aromatic heterocycles. The van der Waals surface area contributed by atoms with E-state index in [9.17, 15) is 0 Å². The Balaban J connectivity index is -0.000000118. The monoisotopic (exact) mass is 494 g/mol. The first kappa shape index (κ1) is 36.2. The van der Waals surface area contributed by atoms with E-state index in [-0.39, 0.29) is 65.4 Å². The van der Waals surface area contributed by atoms with Gasteiger partial charge in [0.2, 0.25) is 0 Å². The van der Waals surface area contributed by atoms with Gasteiger partial charge in [-0.3, -0.25) is 0 Å². The van der Waals surface area contributed by atoms with Crippen LogP contribution in [0.25, 0.3) is 10.6 Å². The van der Waals surface area contributed by atoms with Gasteiger partial charge in [0.15, 0.2) is 0 Å². The predicted octanol–water partition coefficient (Wildman–Crippen LogP) is 8.45. The molecule has 0 amide bonds. The van der Waals surface area contributed by atoms with E-state index >= 15 is 0 Å². The summed E-state index contributed by atoms with van der Waals surface area (Å²) in [7, 11) is 0. The molecule has 0 aliphatic carbocycles. The third kappa shape index (κ3) is 24.2. The number of hydrogen-bond acceptors (Lipinski definition) is 0. The smallest absolute Gasteiger partial charge is 0 e. The van der Waals surface area contributed by atoms with Gasteiger partial charge in [-0.05, 0) is 0 Å². The van der Waals surface area contributed by atoms with E-state index in [0.29, 0.717) is 6.67 Å². The first-order valence-corrected chi connectivity index (χ1v) is 8.90. The summed E-state index contributed by atoms with van der Waals surface area (Å²) < 4.78 is 0. The molecule has 0 saturated carbocycles. The van der Waals surface area contributed by atoms with Gasteiger partial charge in [-0.15, -0.1) is 11.4 Å². The molecule has 0 aliphatic heterocycles. The Hall–Kier alpha value is 0.248. The topological polar surface area (TPSA) is 28.2 Å². The molecule has 2 aromatic carbocycles. The summed E-state index contributed by atoms with van der Waals surface area (Å²) in [6, 6.07) is 19.7. The minimum Gasteiger partial charge on any atom is -0.699 e. The van der Waals surface area contributed by atoms with Crippen LogP contribution in [0.4, 0.5) is 11.4 Å². The zero-order chi connectivity index (χ0) is 18.3. The number of para-hydroxylation sites is 2. The number of nitrogens with zero attached hydrogens (tertiary/aromatic N) is 2. The van der Waals surface area contributed by atoms with Crippen molar-refractivity contribution in [1.29, 1.82) is 0 Å². The zero-order valence-electron chi connectivity index (χ0n) is 17.5. The van der Waals surface area contributed by atoms with Gasteiger partial charge >= 0.3 is 0 Å². The molecule has 4 heteroatoms. The van der Waals surface area contributed by atoms with Gasteiger partial charge in [-0.2, -0.15) is 0 Å². The summed E-state index contributed by atoms with van der Waals surface area (Å²) in [6.07, 6.45) is 0. The van der Waals surface area contributed by atoms with Crippen LogP contribution in [0.3, 0.4) is 0 Å². The van der Waals surface area contributed by atoms with Crippen LogP contribution < -0.4 is 0 Å². The van der Waals surface area contributed by atoms with E-state index < -0.39 is 0 Å². The van der Waals surface area contributed by atoms with Crippen LogP contribution in [0.15, 0.2) is 60.7 Å². The van der Waals surface area contributed by atoms with Crippen LogP contribution in [0.5, 0.6) is 0 Å². The Kier molecular flexibility index (Phi) is 51.2. The van der Waals surface area contributed by atoms with Gasteiger partial charge in [-0.25, -0.2) is 6.67 Å². The molecule has 2 rings (SSSR count). The van der Waals surface area contributed by atoms with Crippen LogP contribution in [0.1, 0.15) is 55.4 Å². The summed E-state index contributed by atoms with van der Waals surface area (Å²) in [4.78, 5) is 0. The quantitative estimate of drug-likeness (QED) is 0.408. The van der Waals surface area contributed by atoms with E-state index in [4.69, 9.17) is 0 Å². The summed E-state index contributed by atoms with van der Waals surface area (Å²) in [5, 5.41) is 8.67. The van der Waals surface area contributed by atoms with Crippen LogP contribution in [0.2, 0.25) is 0 Å².